The van der Waals surface area contributed by atoms with Crippen molar-refractivity contribution < 1.29 is 19.5 Å². The fourth-order valence-corrected chi connectivity index (χ4v) is 2.20. The smallest absolute Gasteiger partial charge is 0.256 e. The molecule has 0 saturated carbocycles. The van der Waals surface area contributed by atoms with Gasteiger partial charge < -0.3 is 15.2 Å². The standard InChI is InChI=1S/C13H15FN2O3/c1-8-7-16(5-4-12(8)15-19)13(18)10-3-2-9(17)6-11(10)14/h2-3,6,8,17,19H,4-5,7H2,1H3/b15-12+. The molecule has 1 unspecified atom stereocenters. The molecule has 19 heavy (non-hydrogen) atoms. The van der Waals surface area contributed by atoms with E-state index in [0.717, 1.165) is 6.07 Å². The molecular formula is C13H15FN2O3. The third kappa shape index (κ3) is 2.67. The molecule has 2 rings (SSSR count). The van der Waals surface area contributed by atoms with E-state index in [1.165, 1.54) is 17.0 Å². The van der Waals surface area contributed by atoms with Crippen LogP contribution in [0, 0.1) is 11.7 Å². The molecule has 1 heterocycles. The van der Waals surface area contributed by atoms with Gasteiger partial charge in [-0.2, -0.15) is 0 Å². The summed E-state index contributed by atoms with van der Waals surface area (Å²) in [5.74, 6) is -1.42. The lowest BCUT2D eigenvalue weighted by Gasteiger charge is -2.31. The summed E-state index contributed by atoms with van der Waals surface area (Å²) in [5, 5.41) is 21.1. The molecule has 1 aromatic rings. The Hall–Kier alpha value is -2.11. The van der Waals surface area contributed by atoms with E-state index in [0.29, 0.717) is 25.2 Å². The number of piperidine rings is 1. The van der Waals surface area contributed by atoms with Gasteiger partial charge in [-0.15, -0.1) is 0 Å². The molecule has 2 N–H and O–H groups in total. The molecular weight excluding hydrogens is 251 g/mol. The number of oxime groups is 1. The van der Waals surface area contributed by atoms with E-state index in [2.05, 4.69) is 5.16 Å². The van der Waals surface area contributed by atoms with Crippen LogP contribution in [0.2, 0.25) is 0 Å². The third-order valence-electron chi connectivity index (χ3n) is 3.30. The lowest BCUT2D eigenvalue weighted by atomic mass is 9.97. The van der Waals surface area contributed by atoms with Crippen molar-refractivity contribution in [1.82, 2.24) is 4.90 Å². The predicted octanol–water partition coefficient (Wildman–Crippen LogP) is 1.84. The Labute approximate surface area is 110 Å². The number of phenols is 1. The molecule has 1 fully saturated rings. The van der Waals surface area contributed by atoms with Crippen molar-refractivity contribution in [1.29, 1.82) is 0 Å². The second-order valence-electron chi connectivity index (χ2n) is 4.66. The van der Waals surface area contributed by atoms with Crippen molar-refractivity contribution in [3.63, 3.8) is 0 Å². The molecule has 0 aromatic heterocycles. The monoisotopic (exact) mass is 266 g/mol. The first-order valence-electron chi connectivity index (χ1n) is 6.01. The summed E-state index contributed by atoms with van der Waals surface area (Å²) in [5.41, 5.74) is 0.588. The van der Waals surface area contributed by atoms with Gasteiger partial charge in [-0.3, -0.25) is 4.79 Å². The summed E-state index contributed by atoms with van der Waals surface area (Å²) >= 11 is 0. The number of aromatic hydroxyl groups is 1. The molecule has 0 bridgehead atoms. The quantitative estimate of drug-likeness (QED) is 0.601. The molecule has 1 aliphatic heterocycles. The summed E-state index contributed by atoms with van der Waals surface area (Å²) in [4.78, 5) is 13.7. The van der Waals surface area contributed by atoms with Gasteiger partial charge in [0.25, 0.3) is 5.91 Å². The number of nitrogens with zero attached hydrogens (tertiary/aromatic N) is 2. The topological polar surface area (TPSA) is 73.1 Å². The van der Waals surface area contributed by atoms with Crippen LogP contribution in [0.4, 0.5) is 4.39 Å². The van der Waals surface area contributed by atoms with Crippen LogP contribution in [-0.2, 0) is 0 Å². The Kier molecular flexibility index (Phi) is 3.69. The van der Waals surface area contributed by atoms with Gasteiger partial charge in [0.1, 0.15) is 11.6 Å². The first-order valence-corrected chi connectivity index (χ1v) is 6.01. The van der Waals surface area contributed by atoms with Crippen LogP contribution in [0.1, 0.15) is 23.7 Å². The second kappa shape index (κ2) is 5.26. The number of amides is 1. The number of benzene rings is 1. The Bertz CT molecular complexity index is 531. The van der Waals surface area contributed by atoms with E-state index in [1.54, 1.807) is 0 Å². The average Bonchev–Trinajstić information content (AvgIpc) is 2.38. The van der Waals surface area contributed by atoms with Gasteiger partial charge in [-0.25, -0.2) is 4.39 Å². The van der Waals surface area contributed by atoms with Crippen molar-refractivity contribution in [2.45, 2.75) is 13.3 Å². The van der Waals surface area contributed by atoms with E-state index < -0.39 is 11.7 Å². The van der Waals surface area contributed by atoms with Gasteiger partial charge in [-0.1, -0.05) is 12.1 Å². The van der Waals surface area contributed by atoms with Gasteiger partial charge in [0.2, 0.25) is 0 Å². The van der Waals surface area contributed by atoms with Crippen molar-refractivity contribution in [3.05, 3.63) is 29.6 Å². The lowest BCUT2D eigenvalue weighted by Crippen LogP contribution is -2.43. The summed E-state index contributed by atoms with van der Waals surface area (Å²) in [6.45, 7) is 2.63. The van der Waals surface area contributed by atoms with E-state index in [-0.39, 0.29) is 17.2 Å². The predicted molar refractivity (Wildman–Crippen MR) is 67.0 cm³/mol. The SMILES string of the molecule is CC1CN(C(=O)c2ccc(O)cc2F)CC/C1=N\O. The number of carbonyl (C=O) groups is 1. The highest BCUT2D eigenvalue weighted by molar-refractivity contribution is 5.96. The van der Waals surface area contributed by atoms with Gasteiger partial charge in [0, 0.05) is 31.5 Å². The van der Waals surface area contributed by atoms with Crippen LogP contribution in [0.15, 0.2) is 23.4 Å². The van der Waals surface area contributed by atoms with Crippen LogP contribution in [0.3, 0.4) is 0 Å². The molecule has 0 spiro atoms. The number of rotatable bonds is 1. The highest BCUT2D eigenvalue weighted by Gasteiger charge is 2.27. The van der Waals surface area contributed by atoms with Crippen LogP contribution >= 0.6 is 0 Å². The maximum Gasteiger partial charge on any atom is 0.256 e. The maximum atomic E-state index is 13.6. The van der Waals surface area contributed by atoms with Gasteiger partial charge in [0.15, 0.2) is 0 Å². The molecule has 1 aliphatic rings. The zero-order valence-corrected chi connectivity index (χ0v) is 10.5. The molecule has 1 atom stereocenters. The van der Waals surface area contributed by atoms with E-state index in [1.807, 2.05) is 6.92 Å². The van der Waals surface area contributed by atoms with E-state index >= 15 is 0 Å². The van der Waals surface area contributed by atoms with Crippen molar-refractivity contribution in [2.24, 2.45) is 11.1 Å². The minimum absolute atomic E-state index is 0.0529. The Balaban J connectivity index is 2.17. The van der Waals surface area contributed by atoms with Crippen LogP contribution in [0.5, 0.6) is 5.75 Å². The van der Waals surface area contributed by atoms with Crippen molar-refractivity contribution in [2.75, 3.05) is 13.1 Å². The number of hydrogen-bond acceptors (Lipinski definition) is 4. The normalized spacial score (nSPS) is 21.7. The minimum atomic E-state index is -0.737. The number of hydrogen-bond donors (Lipinski definition) is 2. The Morgan fingerprint density at radius 2 is 2.26 bits per heavy atom. The van der Waals surface area contributed by atoms with Gasteiger partial charge in [0.05, 0.1) is 11.3 Å². The van der Waals surface area contributed by atoms with E-state index in [9.17, 15) is 9.18 Å². The molecule has 0 radical (unpaired) electrons. The molecule has 0 aliphatic carbocycles. The second-order valence-corrected chi connectivity index (χ2v) is 4.66. The van der Waals surface area contributed by atoms with E-state index in [4.69, 9.17) is 10.3 Å². The van der Waals surface area contributed by atoms with Crippen molar-refractivity contribution in [3.8, 4) is 5.75 Å². The van der Waals surface area contributed by atoms with Crippen molar-refractivity contribution >= 4 is 11.6 Å². The average molecular weight is 266 g/mol. The molecule has 6 heteroatoms. The number of likely N-dealkylation sites (tertiary alicyclic amines) is 1. The molecule has 1 saturated heterocycles. The minimum Gasteiger partial charge on any atom is -0.508 e. The fourth-order valence-electron chi connectivity index (χ4n) is 2.20. The number of phenolic OH excluding ortho intramolecular Hbond substituents is 1. The zero-order chi connectivity index (χ0) is 14.0. The van der Waals surface area contributed by atoms with Crippen LogP contribution in [-0.4, -0.2) is 39.9 Å². The molecule has 5 nitrogen and oxygen atoms in total. The third-order valence-corrected chi connectivity index (χ3v) is 3.30. The van der Waals surface area contributed by atoms with Gasteiger partial charge >= 0.3 is 0 Å². The lowest BCUT2D eigenvalue weighted by molar-refractivity contribution is 0.0729. The summed E-state index contributed by atoms with van der Waals surface area (Å²) in [6.07, 6.45) is 0.475. The van der Waals surface area contributed by atoms with Crippen LogP contribution < -0.4 is 0 Å². The Morgan fingerprint density at radius 3 is 2.84 bits per heavy atom. The molecule has 1 amide bonds. The fraction of sp³-hybridized carbons (Fsp3) is 0.385. The summed E-state index contributed by atoms with van der Waals surface area (Å²) < 4.78 is 13.6. The number of carbonyl (C=O) groups excluding carboxylic acids is 1. The van der Waals surface area contributed by atoms with Gasteiger partial charge in [-0.05, 0) is 12.1 Å². The molecule has 102 valence electrons. The largest absolute Gasteiger partial charge is 0.508 e. The summed E-state index contributed by atoms with van der Waals surface area (Å²) in [6, 6.07) is 3.47. The highest BCUT2D eigenvalue weighted by atomic mass is 19.1. The molecule has 1 aromatic carbocycles. The first-order chi connectivity index (χ1) is 9.02. The highest BCUT2D eigenvalue weighted by Crippen LogP contribution is 2.20. The summed E-state index contributed by atoms with van der Waals surface area (Å²) in [7, 11) is 0. The van der Waals surface area contributed by atoms with Crippen LogP contribution in [0.25, 0.3) is 0 Å². The zero-order valence-electron chi connectivity index (χ0n) is 10.5. The maximum absolute atomic E-state index is 13.6. The first kappa shape index (κ1) is 13.3. The number of halogens is 1. The Morgan fingerprint density at radius 1 is 1.53 bits per heavy atom.